The molecule has 0 aliphatic carbocycles. The molecular weight excluding hydrogens is 242 g/mol. The predicted octanol–water partition coefficient (Wildman–Crippen LogP) is 1.05. The molecule has 1 aliphatic heterocycles. The van der Waals surface area contributed by atoms with E-state index < -0.39 is 0 Å². The fourth-order valence-corrected chi connectivity index (χ4v) is 2.39. The molecule has 2 rings (SSSR count). The number of nitrogens with two attached hydrogens (primary N) is 1. The molecule has 19 heavy (non-hydrogen) atoms. The predicted molar refractivity (Wildman–Crippen MR) is 75.1 cm³/mol. The second-order valence-electron chi connectivity index (χ2n) is 5.03. The molecule has 0 saturated carbocycles. The first kappa shape index (κ1) is 13.7. The van der Waals surface area contributed by atoms with Crippen molar-refractivity contribution in [1.29, 1.82) is 0 Å². The van der Waals surface area contributed by atoms with Crippen LogP contribution in [0.1, 0.15) is 23.7 Å². The largest absolute Gasteiger partial charge is 0.506 e. The third-order valence-corrected chi connectivity index (χ3v) is 3.66. The van der Waals surface area contributed by atoms with E-state index in [1.807, 2.05) is 0 Å². The van der Waals surface area contributed by atoms with Crippen molar-refractivity contribution in [3.8, 4) is 5.75 Å². The lowest BCUT2D eigenvalue weighted by Gasteiger charge is -2.14. The van der Waals surface area contributed by atoms with Gasteiger partial charge in [-0.1, -0.05) is 6.92 Å². The molecule has 1 amide bonds. The number of carbonyl (C=O) groups excluding carboxylic acids is 1. The van der Waals surface area contributed by atoms with Crippen molar-refractivity contribution in [1.82, 2.24) is 10.2 Å². The van der Waals surface area contributed by atoms with Gasteiger partial charge in [-0.2, -0.15) is 0 Å². The molecule has 1 aromatic rings. The maximum atomic E-state index is 11.9. The Labute approximate surface area is 113 Å². The summed E-state index contributed by atoms with van der Waals surface area (Å²) in [6.07, 6.45) is 1.13. The van der Waals surface area contributed by atoms with Gasteiger partial charge in [-0.25, -0.2) is 0 Å². The van der Waals surface area contributed by atoms with Crippen LogP contribution in [0.15, 0.2) is 18.2 Å². The van der Waals surface area contributed by atoms with E-state index in [-0.39, 0.29) is 17.3 Å². The number of phenolic OH excluding ortho intramolecular Hbond substituents is 1. The van der Waals surface area contributed by atoms with E-state index in [4.69, 9.17) is 5.73 Å². The molecule has 1 fully saturated rings. The SMILES string of the molecule is CCN1CCC(CNC(=O)c2ccc(N)c(O)c2)C1. The summed E-state index contributed by atoms with van der Waals surface area (Å²) in [7, 11) is 0. The summed E-state index contributed by atoms with van der Waals surface area (Å²) in [5.41, 5.74) is 6.23. The van der Waals surface area contributed by atoms with Crippen molar-refractivity contribution in [2.45, 2.75) is 13.3 Å². The lowest BCUT2D eigenvalue weighted by Crippen LogP contribution is -2.31. The van der Waals surface area contributed by atoms with Crippen LogP contribution in [0.4, 0.5) is 5.69 Å². The van der Waals surface area contributed by atoms with E-state index in [0.717, 1.165) is 26.1 Å². The van der Waals surface area contributed by atoms with Crippen LogP contribution >= 0.6 is 0 Å². The number of amides is 1. The minimum absolute atomic E-state index is 0.0503. The molecule has 1 aromatic carbocycles. The highest BCUT2D eigenvalue weighted by Gasteiger charge is 2.21. The quantitative estimate of drug-likeness (QED) is 0.560. The normalized spacial score (nSPS) is 19.5. The molecule has 1 saturated heterocycles. The highest BCUT2D eigenvalue weighted by atomic mass is 16.3. The second-order valence-corrected chi connectivity index (χ2v) is 5.03. The monoisotopic (exact) mass is 263 g/mol. The van der Waals surface area contributed by atoms with E-state index in [2.05, 4.69) is 17.1 Å². The fourth-order valence-electron chi connectivity index (χ4n) is 2.39. The molecule has 1 unspecified atom stereocenters. The molecule has 1 atom stereocenters. The van der Waals surface area contributed by atoms with Crippen LogP contribution in [0.5, 0.6) is 5.75 Å². The number of phenols is 1. The van der Waals surface area contributed by atoms with Crippen molar-refractivity contribution in [2.75, 3.05) is 31.9 Å². The van der Waals surface area contributed by atoms with Gasteiger partial charge in [0.15, 0.2) is 0 Å². The van der Waals surface area contributed by atoms with Gasteiger partial charge in [-0.3, -0.25) is 4.79 Å². The van der Waals surface area contributed by atoms with Gasteiger partial charge >= 0.3 is 0 Å². The number of hydrogen-bond donors (Lipinski definition) is 3. The fraction of sp³-hybridized carbons (Fsp3) is 0.500. The van der Waals surface area contributed by atoms with Crippen LogP contribution in [-0.2, 0) is 0 Å². The average Bonchev–Trinajstić information content (AvgIpc) is 2.87. The summed E-state index contributed by atoms with van der Waals surface area (Å²) in [5, 5.41) is 12.4. The summed E-state index contributed by atoms with van der Waals surface area (Å²) >= 11 is 0. The van der Waals surface area contributed by atoms with Crippen molar-refractivity contribution >= 4 is 11.6 Å². The highest BCUT2D eigenvalue weighted by Crippen LogP contribution is 2.20. The van der Waals surface area contributed by atoms with Crippen LogP contribution < -0.4 is 11.1 Å². The number of likely N-dealkylation sites (tertiary alicyclic amines) is 1. The zero-order valence-corrected chi connectivity index (χ0v) is 11.2. The molecule has 4 N–H and O–H groups in total. The Hall–Kier alpha value is -1.75. The topological polar surface area (TPSA) is 78.6 Å². The van der Waals surface area contributed by atoms with Crippen LogP contribution in [0, 0.1) is 5.92 Å². The third-order valence-electron chi connectivity index (χ3n) is 3.66. The van der Waals surface area contributed by atoms with Crippen LogP contribution in [0.2, 0.25) is 0 Å². The van der Waals surface area contributed by atoms with Crippen molar-refractivity contribution in [2.24, 2.45) is 5.92 Å². The van der Waals surface area contributed by atoms with E-state index >= 15 is 0 Å². The molecule has 5 heteroatoms. The first-order valence-electron chi connectivity index (χ1n) is 6.69. The zero-order chi connectivity index (χ0) is 13.8. The summed E-state index contributed by atoms with van der Waals surface area (Å²) in [5.74, 6) is 0.308. The number of nitrogens with one attached hydrogen (secondary N) is 1. The summed E-state index contributed by atoms with van der Waals surface area (Å²) in [4.78, 5) is 14.3. The number of aromatic hydroxyl groups is 1. The Bertz CT molecular complexity index is 462. The molecule has 0 radical (unpaired) electrons. The Kier molecular flexibility index (Phi) is 4.27. The number of rotatable bonds is 4. The summed E-state index contributed by atoms with van der Waals surface area (Å²) in [6.45, 7) is 6.05. The lowest BCUT2D eigenvalue weighted by molar-refractivity contribution is 0.0947. The minimum Gasteiger partial charge on any atom is -0.506 e. The van der Waals surface area contributed by atoms with E-state index in [1.165, 1.54) is 6.07 Å². The summed E-state index contributed by atoms with van der Waals surface area (Å²) < 4.78 is 0. The first-order chi connectivity index (χ1) is 9.10. The van der Waals surface area contributed by atoms with Gasteiger partial charge in [-0.05, 0) is 43.6 Å². The molecule has 0 aromatic heterocycles. The van der Waals surface area contributed by atoms with Gasteiger partial charge in [-0.15, -0.1) is 0 Å². The number of benzene rings is 1. The van der Waals surface area contributed by atoms with Crippen molar-refractivity contribution in [3.05, 3.63) is 23.8 Å². The summed E-state index contributed by atoms with van der Waals surface area (Å²) in [6, 6.07) is 4.56. The molecule has 1 heterocycles. The number of nitrogens with zero attached hydrogens (tertiary/aromatic N) is 1. The molecular formula is C14H21N3O2. The maximum Gasteiger partial charge on any atom is 0.251 e. The Morgan fingerprint density at radius 2 is 2.37 bits per heavy atom. The standard InChI is InChI=1S/C14H21N3O2/c1-2-17-6-5-10(9-17)8-16-14(19)11-3-4-12(15)13(18)7-11/h3-4,7,10,18H,2,5-6,8-9,15H2,1H3,(H,16,19). The number of carbonyl (C=O) groups is 1. The van der Waals surface area contributed by atoms with Gasteiger partial charge in [0.1, 0.15) is 5.75 Å². The maximum absolute atomic E-state index is 11.9. The number of hydrogen-bond acceptors (Lipinski definition) is 4. The highest BCUT2D eigenvalue weighted by molar-refractivity contribution is 5.95. The third kappa shape index (κ3) is 3.38. The number of anilines is 1. The molecule has 0 spiro atoms. The van der Waals surface area contributed by atoms with Gasteiger partial charge in [0.2, 0.25) is 0 Å². The van der Waals surface area contributed by atoms with E-state index in [1.54, 1.807) is 12.1 Å². The molecule has 0 bridgehead atoms. The van der Waals surface area contributed by atoms with Gasteiger partial charge in [0, 0.05) is 18.7 Å². The van der Waals surface area contributed by atoms with Gasteiger partial charge in [0.05, 0.1) is 5.69 Å². The Balaban J connectivity index is 1.86. The Morgan fingerprint density at radius 1 is 1.58 bits per heavy atom. The van der Waals surface area contributed by atoms with E-state index in [9.17, 15) is 9.90 Å². The minimum atomic E-state index is -0.162. The van der Waals surface area contributed by atoms with Gasteiger partial charge < -0.3 is 21.1 Å². The van der Waals surface area contributed by atoms with Crippen LogP contribution in [-0.4, -0.2) is 42.1 Å². The first-order valence-corrected chi connectivity index (χ1v) is 6.69. The zero-order valence-electron chi connectivity index (χ0n) is 11.2. The van der Waals surface area contributed by atoms with Crippen molar-refractivity contribution < 1.29 is 9.90 Å². The molecule has 104 valence electrons. The average molecular weight is 263 g/mol. The van der Waals surface area contributed by atoms with Gasteiger partial charge in [0.25, 0.3) is 5.91 Å². The molecule has 5 nitrogen and oxygen atoms in total. The molecule has 1 aliphatic rings. The van der Waals surface area contributed by atoms with Crippen LogP contribution in [0.3, 0.4) is 0 Å². The second kappa shape index (κ2) is 5.93. The van der Waals surface area contributed by atoms with Crippen molar-refractivity contribution in [3.63, 3.8) is 0 Å². The lowest BCUT2D eigenvalue weighted by atomic mass is 10.1. The smallest absolute Gasteiger partial charge is 0.251 e. The Morgan fingerprint density at radius 3 is 3.00 bits per heavy atom. The number of nitrogen functional groups attached to an aromatic ring is 1. The van der Waals surface area contributed by atoms with E-state index in [0.29, 0.717) is 18.0 Å². The van der Waals surface area contributed by atoms with Crippen LogP contribution in [0.25, 0.3) is 0 Å².